The van der Waals surface area contributed by atoms with E-state index in [2.05, 4.69) is 10.3 Å². The summed E-state index contributed by atoms with van der Waals surface area (Å²) in [4.78, 5) is 17.4. The highest BCUT2D eigenvalue weighted by Gasteiger charge is 2.07. The van der Waals surface area contributed by atoms with Crippen LogP contribution in [0.15, 0.2) is 24.3 Å². The topological polar surface area (TPSA) is 66.2 Å². The highest BCUT2D eigenvalue weighted by atomic mass is 16.7. The standard InChI is InChI=1S/C10H11N3O3/c1-2-15-10(14)7-16-13-9-6-4-3-5-8(9)11-12-13/h3-6H,2,7H2,1H3. The first-order valence-electron chi connectivity index (χ1n) is 4.90. The van der Waals surface area contributed by atoms with Gasteiger partial charge in [0.15, 0.2) is 0 Å². The molecular weight excluding hydrogens is 210 g/mol. The summed E-state index contributed by atoms with van der Waals surface area (Å²) in [5, 5.41) is 7.64. The molecule has 0 aliphatic carbocycles. The predicted molar refractivity (Wildman–Crippen MR) is 55.6 cm³/mol. The monoisotopic (exact) mass is 221 g/mol. The van der Waals surface area contributed by atoms with Crippen molar-refractivity contribution in [3.63, 3.8) is 0 Å². The Kier molecular flexibility index (Phi) is 3.00. The molecule has 16 heavy (non-hydrogen) atoms. The van der Waals surface area contributed by atoms with Crippen LogP contribution in [0.1, 0.15) is 6.92 Å². The van der Waals surface area contributed by atoms with Gasteiger partial charge < -0.3 is 9.57 Å². The fraction of sp³-hybridized carbons (Fsp3) is 0.300. The second-order valence-electron chi connectivity index (χ2n) is 3.03. The minimum Gasteiger partial charge on any atom is -0.463 e. The lowest BCUT2D eigenvalue weighted by Crippen LogP contribution is -2.22. The Morgan fingerprint density at radius 2 is 2.25 bits per heavy atom. The Labute approximate surface area is 91.7 Å². The SMILES string of the molecule is CCOC(=O)COn1nnc2ccccc21. The van der Waals surface area contributed by atoms with Gasteiger partial charge in [0.2, 0.25) is 6.61 Å². The number of fused-ring (bicyclic) bond motifs is 1. The number of hydrogen-bond donors (Lipinski definition) is 0. The van der Waals surface area contributed by atoms with Crippen molar-refractivity contribution in [1.82, 2.24) is 15.2 Å². The molecule has 1 aromatic heterocycles. The summed E-state index contributed by atoms with van der Waals surface area (Å²) in [6, 6.07) is 7.32. The molecule has 0 atom stereocenters. The third kappa shape index (κ3) is 2.10. The van der Waals surface area contributed by atoms with Crippen LogP contribution in [0.3, 0.4) is 0 Å². The molecular formula is C10H11N3O3. The zero-order valence-electron chi connectivity index (χ0n) is 8.79. The average Bonchev–Trinajstić information content (AvgIpc) is 2.70. The molecule has 0 aliphatic heterocycles. The molecule has 84 valence electrons. The van der Waals surface area contributed by atoms with E-state index < -0.39 is 5.97 Å². The molecule has 0 spiro atoms. The second kappa shape index (κ2) is 4.61. The van der Waals surface area contributed by atoms with Gasteiger partial charge in [-0.2, -0.15) is 0 Å². The van der Waals surface area contributed by atoms with Crippen molar-refractivity contribution in [2.45, 2.75) is 6.92 Å². The lowest BCUT2D eigenvalue weighted by atomic mass is 10.3. The molecule has 2 aromatic rings. The Morgan fingerprint density at radius 3 is 3.06 bits per heavy atom. The van der Waals surface area contributed by atoms with Gasteiger partial charge in [-0.25, -0.2) is 4.79 Å². The van der Waals surface area contributed by atoms with E-state index in [1.165, 1.54) is 4.85 Å². The van der Waals surface area contributed by atoms with Gasteiger partial charge in [0.05, 0.1) is 6.61 Å². The Morgan fingerprint density at radius 1 is 1.44 bits per heavy atom. The van der Waals surface area contributed by atoms with E-state index in [9.17, 15) is 4.79 Å². The smallest absolute Gasteiger partial charge is 0.347 e. The summed E-state index contributed by atoms with van der Waals surface area (Å²) in [6.07, 6.45) is 0. The summed E-state index contributed by atoms with van der Waals surface area (Å²) >= 11 is 0. The molecule has 0 aliphatic rings. The van der Waals surface area contributed by atoms with E-state index in [4.69, 9.17) is 9.57 Å². The summed E-state index contributed by atoms with van der Waals surface area (Å²) < 4.78 is 4.73. The van der Waals surface area contributed by atoms with Crippen LogP contribution in [0.2, 0.25) is 0 Å². The largest absolute Gasteiger partial charge is 0.463 e. The van der Waals surface area contributed by atoms with Crippen molar-refractivity contribution >= 4 is 17.0 Å². The lowest BCUT2D eigenvalue weighted by Gasteiger charge is -2.04. The van der Waals surface area contributed by atoms with Gasteiger partial charge in [-0.05, 0) is 24.3 Å². The average molecular weight is 221 g/mol. The Bertz CT molecular complexity index is 495. The van der Waals surface area contributed by atoms with Gasteiger partial charge in [0, 0.05) is 0 Å². The maximum Gasteiger partial charge on any atom is 0.347 e. The number of aromatic nitrogens is 3. The van der Waals surface area contributed by atoms with Crippen molar-refractivity contribution in [2.75, 3.05) is 13.2 Å². The summed E-state index contributed by atoms with van der Waals surface area (Å²) in [6.45, 7) is 1.89. The van der Waals surface area contributed by atoms with E-state index in [1.54, 1.807) is 13.0 Å². The van der Waals surface area contributed by atoms with Crippen LogP contribution in [-0.2, 0) is 9.53 Å². The van der Waals surface area contributed by atoms with E-state index in [0.717, 1.165) is 0 Å². The van der Waals surface area contributed by atoms with Crippen LogP contribution >= 0.6 is 0 Å². The molecule has 0 unspecified atom stereocenters. The fourth-order valence-electron chi connectivity index (χ4n) is 1.26. The number of hydrogen-bond acceptors (Lipinski definition) is 5. The number of para-hydroxylation sites is 1. The maximum atomic E-state index is 11.1. The maximum absolute atomic E-state index is 11.1. The molecule has 0 radical (unpaired) electrons. The van der Waals surface area contributed by atoms with E-state index >= 15 is 0 Å². The van der Waals surface area contributed by atoms with Crippen LogP contribution in [0.4, 0.5) is 0 Å². The zero-order valence-corrected chi connectivity index (χ0v) is 8.79. The van der Waals surface area contributed by atoms with Crippen molar-refractivity contribution < 1.29 is 14.4 Å². The molecule has 1 heterocycles. The number of carbonyl (C=O) groups excluding carboxylic acids is 1. The fourth-order valence-corrected chi connectivity index (χ4v) is 1.26. The van der Waals surface area contributed by atoms with Crippen molar-refractivity contribution in [2.24, 2.45) is 0 Å². The van der Waals surface area contributed by atoms with Gasteiger partial charge in [-0.15, -0.1) is 5.10 Å². The number of benzene rings is 1. The minimum atomic E-state index is -0.429. The quantitative estimate of drug-likeness (QED) is 0.700. The van der Waals surface area contributed by atoms with Gasteiger partial charge in [-0.3, -0.25) is 0 Å². The number of ether oxygens (including phenoxy) is 1. The third-order valence-corrected chi connectivity index (χ3v) is 1.93. The molecule has 2 rings (SSSR count). The van der Waals surface area contributed by atoms with Crippen molar-refractivity contribution in [1.29, 1.82) is 0 Å². The molecule has 6 nitrogen and oxygen atoms in total. The van der Waals surface area contributed by atoms with Crippen LogP contribution < -0.4 is 4.84 Å². The molecule has 0 saturated carbocycles. The molecule has 6 heteroatoms. The molecule has 0 fully saturated rings. The van der Waals surface area contributed by atoms with E-state index in [1.807, 2.05) is 18.2 Å². The van der Waals surface area contributed by atoms with Crippen LogP contribution in [0, 0.1) is 0 Å². The number of esters is 1. The molecule has 1 aromatic carbocycles. The molecule has 0 bridgehead atoms. The molecule has 0 amide bonds. The molecule has 0 saturated heterocycles. The van der Waals surface area contributed by atoms with E-state index in [-0.39, 0.29) is 6.61 Å². The minimum absolute atomic E-state index is 0.179. The summed E-state index contributed by atoms with van der Waals surface area (Å²) in [5.41, 5.74) is 1.43. The normalized spacial score (nSPS) is 10.3. The van der Waals surface area contributed by atoms with E-state index in [0.29, 0.717) is 17.6 Å². The first-order valence-corrected chi connectivity index (χ1v) is 4.90. The Balaban J connectivity index is 2.07. The summed E-state index contributed by atoms with van der Waals surface area (Å²) in [5.74, 6) is -0.429. The van der Waals surface area contributed by atoms with Gasteiger partial charge >= 0.3 is 5.97 Å². The van der Waals surface area contributed by atoms with Crippen molar-refractivity contribution in [3.05, 3.63) is 24.3 Å². The van der Waals surface area contributed by atoms with Gasteiger partial charge in [-0.1, -0.05) is 17.0 Å². The van der Waals surface area contributed by atoms with Gasteiger partial charge in [0.1, 0.15) is 11.0 Å². The van der Waals surface area contributed by atoms with Crippen molar-refractivity contribution in [3.8, 4) is 0 Å². The van der Waals surface area contributed by atoms with Crippen LogP contribution in [-0.4, -0.2) is 34.3 Å². The second-order valence-corrected chi connectivity index (χ2v) is 3.03. The number of rotatable bonds is 4. The highest BCUT2D eigenvalue weighted by Crippen LogP contribution is 2.07. The Hall–Kier alpha value is -2.11. The summed E-state index contributed by atoms with van der Waals surface area (Å²) in [7, 11) is 0. The van der Waals surface area contributed by atoms with Gasteiger partial charge in [0.25, 0.3) is 0 Å². The molecule has 0 N–H and O–H groups in total. The number of nitrogens with zero attached hydrogens (tertiary/aromatic N) is 3. The first kappa shape index (κ1) is 10.4. The van der Waals surface area contributed by atoms with Crippen LogP contribution in [0.5, 0.6) is 0 Å². The lowest BCUT2D eigenvalue weighted by molar-refractivity contribution is -0.149. The third-order valence-electron chi connectivity index (χ3n) is 1.93. The van der Waals surface area contributed by atoms with Crippen LogP contribution in [0.25, 0.3) is 11.0 Å². The predicted octanol–water partition coefficient (Wildman–Crippen LogP) is 0.423. The zero-order chi connectivity index (χ0) is 11.4. The first-order chi connectivity index (χ1) is 7.81. The number of carbonyl (C=O) groups is 1. The highest BCUT2D eigenvalue weighted by molar-refractivity contribution is 5.74.